The van der Waals surface area contributed by atoms with Crippen molar-refractivity contribution in [3.63, 3.8) is 0 Å². The van der Waals surface area contributed by atoms with E-state index < -0.39 is 11.6 Å². The molecule has 1 atom stereocenters. The standard InChI is InChI=1S/C18H25N3O3S/c1-4-9-18(3)16(23)21(17(24)20-18)12-15(22)19-10-11-25-14-7-5-13(2)6-8-14/h5-8H,4,9-12H2,1-3H3,(H,19,22)(H,20,24). The molecule has 1 aliphatic rings. The molecule has 1 aromatic carbocycles. The number of imide groups is 1. The fourth-order valence-electron chi connectivity index (χ4n) is 2.75. The first-order chi connectivity index (χ1) is 11.9. The topological polar surface area (TPSA) is 78.5 Å². The first kappa shape index (κ1) is 19.3. The van der Waals surface area contributed by atoms with Gasteiger partial charge in [0.15, 0.2) is 0 Å². The first-order valence-electron chi connectivity index (χ1n) is 8.46. The lowest BCUT2D eigenvalue weighted by Gasteiger charge is -2.20. The van der Waals surface area contributed by atoms with E-state index in [0.717, 1.165) is 22.0 Å². The minimum absolute atomic E-state index is 0.237. The Morgan fingerprint density at radius 1 is 1.28 bits per heavy atom. The van der Waals surface area contributed by atoms with E-state index in [-0.39, 0.29) is 18.4 Å². The summed E-state index contributed by atoms with van der Waals surface area (Å²) in [6.45, 7) is 5.93. The van der Waals surface area contributed by atoms with Crippen LogP contribution in [0.2, 0.25) is 0 Å². The van der Waals surface area contributed by atoms with Crippen LogP contribution >= 0.6 is 11.8 Å². The highest BCUT2D eigenvalue weighted by molar-refractivity contribution is 7.99. The molecular formula is C18H25N3O3S. The number of amides is 4. The van der Waals surface area contributed by atoms with E-state index in [9.17, 15) is 14.4 Å². The maximum atomic E-state index is 12.4. The van der Waals surface area contributed by atoms with Crippen molar-refractivity contribution >= 4 is 29.6 Å². The molecule has 25 heavy (non-hydrogen) atoms. The van der Waals surface area contributed by atoms with Gasteiger partial charge in [0.1, 0.15) is 12.1 Å². The van der Waals surface area contributed by atoms with Crippen molar-refractivity contribution in [2.24, 2.45) is 0 Å². The lowest BCUT2D eigenvalue weighted by atomic mass is 9.96. The number of rotatable bonds is 8. The monoisotopic (exact) mass is 363 g/mol. The summed E-state index contributed by atoms with van der Waals surface area (Å²) in [6, 6.07) is 7.69. The number of hydrogen-bond donors (Lipinski definition) is 2. The predicted molar refractivity (Wildman–Crippen MR) is 98.5 cm³/mol. The molecule has 0 radical (unpaired) electrons. The summed E-state index contributed by atoms with van der Waals surface area (Å²) in [4.78, 5) is 38.5. The van der Waals surface area contributed by atoms with Gasteiger partial charge in [0, 0.05) is 17.2 Å². The molecule has 0 spiro atoms. The molecule has 1 saturated heterocycles. The van der Waals surface area contributed by atoms with Gasteiger partial charge < -0.3 is 10.6 Å². The summed E-state index contributed by atoms with van der Waals surface area (Å²) in [5.41, 5.74) is 0.314. The maximum absolute atomic E-state index is 12.4. The van der Waals surface area contributed by atoms with Crippen LogP contribution in [0, 0.1) is 6.92 Å². The van der Waals surface area contributed by atoms with E-state index in [0.29, 0.717) is 13.0 Å². The number of thioether (sulfide) groups is 1. The van der Waals surface area contributed by atoms with Gasteiger partial charge in [-0.1, -0.05) is 31.0 Å². The van der Waals surface area contributed by atoms with Crippen molar-refractivity contribution in [2.45, 2.75) is 44.0 Å². The Hall–Kier alpha value is -2.02. The molecule has 7 heteroatoms. The third-order valence-electron chi connectivity index (χ3n) is 4.11. The van der Waals surface area contributed by atoms with Gasteiger partial charge in [0.2, 0.25) is 5.91 Å². The van der Waals surface area contributed by atoms with Crippen LogP contribution in [0.3, 0.4) is 0 Å². The SMILES string of the molecule is CCCC1(C)NC(=O)N(CC(=O)NCCSc2ccc(C)cc2)C1=O. The Kier molecular flexibility index (Phi) is 6.47. The van der Waals surface area contributed by atoms with E-state index >= 15 is 0 Å². The molecule has 0 bridgehead atoms. The summed E-state index contributed by atoms with van der Waals surface area (Å²) in [5.74, 6) is 0.0694. The number of urea groups is 1. The molecule has 1 unspecified atom stereocenters. The molecule has 2 N–H and O–H groups in total. The van der Waals surface area contributed by atoms with E-state index in [2.05, 4.69) is 10.6 Å². The molecule has 0 aromatic heterocycles. The van der Waals surface area contributed by atoms with E-state index in [1.54, 1.807) is 18.7 Å². The Morgan fingerprint density at radius 3 is 2.60 bits per heavy atom. The highest BCUT2D eigenvalue weighted by Gasteiger charge is 2.47. The average Bonchev–Trinajstić information content (AvgIpc) is 2.77. The van der Waals surface area contributed by atoms with Crippen molar-refractivity contribution in [2.75, 3.05) is 18.8 Å². The fraction of sp³-hybridized carbons (Fsp3) is 0.500. The summed E-state index contributed by atoms with van der Waals surface area (Å²) in [7, 11) is 0. The first-order valence-corrected chi connectivity index (χ1v) is 9.44. The van der Waals surface area contributed by atoms with Crippen molar-refractivity contribution < 1.29 is 14.4 Å². The quantitative estimate of drug-likeness (QED) is 0.422. The van der Waals surface area contributed by atoms with Crippen LogP contribution in [-0.2, 0) is 9.59 Å². The summed E-state index contributed by atoms with van der Waals surface area (Å²) >= 11 is 1.65. The minimum atomic E-state index is -0.895. The maximum Gasteiger partial charge on any atom is 0.325 e. The molecule has 1 aliphatic heterocycles. The number of carbonyl (C=O) groups excluding carboxylic acids is 3. The van der Waals surface area contributed by atoms with E-state index in [4.69, 9.17) is 0 Å². The Labute approximate surface area is 152 Å². The van der Waals surface area contributed by atoms with Crippen LogP contribution in [0.15, 0.2) is 29.2 Å². The zero-order valence-electron chi connectivity index (χ0n) is 14.9. The molecule has 4 amide bonds. The normalized spacial score (nSPS) is 19.9. The number of nitrogens with zero attached hydrogens (tertiary/aromatic N) is 1. The number of carbonyl (C=O) groups is 3. The van der Waals surface area contributed by atoms with Crippen molar-refractivity contribution in [1.82, 2.24) is 15.5 Å². The second kappa shape index (κ2) is 8.38. The summed E-state index contributed by atoms with van der Waals surface area (Å²) in [6.07, 6.45) is 1.33. The van der Waals surface area contributed by atoms with Gasteiger partial charge in [-0.25, -0.2) is 4.79 Å². The third-order valence-corrected chi connectivity index (χ3v) is 5.12. The Bertz CT molecular complexity index is 647. The van der Waals surface area contributed by atoms with Gasteiger partial charge in [-0.05, 0) is 32.4 Å². The van der Waals surface area contributed by atoms with Crippen LogP contribution < -0.4 is 10.6 Å². The summed E-state index contributed by atoms with van der Waals surface area (Å²) in [5, 5.41) is 5.44. The number of nitrogens with one attached hydrogen (secondary N) is 2. The number of benzene rings is 1. The average molecular weight is 363 g/mol. The van der Waals surface area contributed by atoms with Crippen LogP contribution in [0.4, 0.5) is 4.79 Å². The highest BCUT2D eigenvalue weighted by Crippen LogP contribution is 2.22. The van der Waals surface area contributed by atoms with Crippen molar-refractivity contribution in [1.29, 1.82) is 0 Å². The molecule has 0 saturated carbocycles. The van der Waals surface area contributed by atoms with Crippen molar-refractivity contribution in [3.8, 4) is 0 Å². The molecular weight excluding hydrogens is 338 g/mol. The van der Waals surface area contributed by atoms with Gasteiger partial charge in [-0.3, -0.25) is 14.5 Å². The van der Waals surface area contributed by atoms with E-state index in [1.807, 2.05) is 38.1 Å². The van der Waals surface area contributed by atoms with Crippen molar-refractivity contribution in [3.05, 3.63) is 29.8 Å². The zero-order valence-corrected chi connectivity index (χ0v) is 15.7. The minimum Gasteiger partial charge on any atom is -0.354 e. The molecule has 136 valence electrons. The fourth-order valence-corrected chi connectivity index (χ4v) is 3.52. The van der Waals surface area contributed by atoms with Crippen LogP contribution in [-0.4, -0.2) is 47.1 Å². The van der Waals surface area contributed by atoms with Gasteiger partial charge in [-0.2, -0.15) is 0 Å². The Balaban J connectivity index is 1.75. The van der Waals surface area contributed by atoms with Gasteiger partial charge in [0.25, 0.3) is 5.91 Å². The van der Waals surface area contributed by atoms with Gasteiger partial charge in [0.05, 0.1) is 0 Å². The third kappa shape index (κ3) is 4.98. The van der Waals surface area contributed by atoms with Gasteiger partial charge in [-0.15, -0.1) is 11.8 Å². The lowest BCUT2D eigenvalue weighted by Crippen LogP contribution is -2.45. The van der Waals surface area contributed by atoms with Gasteiger partial charge >= 0.3 is 6.03 Å². The molecule has 1 heterocycles. The van der Waals surface area contributed by atoms with Crippen LogP contribution in [0.25, 0.3) is 0 Å². The largest absolute Gasteiger partial charge is 0.354 e. The van der Waals surface area contributed by atoms with E-state index in [1.165, 1.54) is 5.56 Å². The Morgan fingerprint density at radius 2 is 1.96 bits per heavy atom. The predicted octanol–water partition coefficient (Wildman–Crippen LogP) is 2.31. The molecule has 1 aromatic rings. The smallest absolute Gasteiger partial charge is 0.325 e. The molecule has 6 nitrogen and oxygen atoms in total. The molecule has 0 aliphatic carbocycles. The zero-order chi connectivity index (χ0) is 18.4. The second-order valence-electron chi connectivity index (χ2n) is 6.42. The lowest BCUT2D eigenvalue weighted by molar-refractivity contribution is -0.134. The number of hydrogen-bond acceptors (Lipinski definition) is 4. The summed E-state index contributed by atoms with van der Waals surface area (Å²) < 4.78 is 0. The molecule has 2 rings (SSSR count). The van der Waals surface area contributed by atoms with Crippen LogP contribution in [0.1, 0.15) is 32.3 Å². The molecule has 1 fully saturated rings. The second-order valence-corrected chi connectivity index (χ2v) is 7.58. The van der Waals surface area contributed by atoms with Crippen LogP contribution in [0.5, 0.6) is 0 Å². The highest BCUT2D eigenvalue weighted by atomic mass is 32.2. The number of aryl methyl sites for hydroxylation is 1.